The zero-order valence-electron chi connectivity index (χ0n) is 12.7. The number of carbonyl (C=O) groups excluding carboxylic acids is 2. The second-order valence-corrected chi connectivity index (χ2v) is 5.08. The van der Waals surface area contributed by atoms with Crippen LogP contribution in [0.3, 0.4) is 0 Å². The lowest BCUT2D eigenvalue weighted by atomic mass is 10.3. The van der Waals surface area contributed by atoms with E-state index in [4.69, 9.17) is 5.73 Å². The van der Waals surface area contributed by atoms with E-state index in [9.17, 15) is 9.59 Å². The van der Waals surface area contributed by atoms with E-state index in [1.165, 1.54) is 12.4 Å². The van der Waals surface area contributed by atoms with Gasteiger partial charge in [-0.25, -0.2) is 9.97 Å². The number of aryl methyl sites for hydroxylation is 2. The van der Waals surface area contributed by atoms with Crippen molar-refractivity contribution in [1.29, 1.82) is 0 Å². The molecule has 0 saturated heterocycles. The van der Waals surface area contributed by atoms with Crippen molar-refractivity contribution >= 4 is 11.8 Å². The minimum absolute atomic E-state index is 0.00972. The van der Waals surface area contributed by atoms with Gasteiger partial charge in [0, 0.05) is 12.2 Å². The van der Waals surface area contributed by atoms with Crippen molar-refractivity contribution < 1.29 is 9.59 Å². The lowest BCUT2D eigenvalue weighted by Crippen LogP contribution is -2.31. The Bertz CT molecular complexity index is 692. The van der Waals surface area contributed by atoms with Gasteiger partial charge in [-0.2, -0.15) is 5.10 Å². The van der Waals surface area contributed by atoms with Crippen LogP contribution < -0.4 is 11.1 Å². The molecule has 2 aromatic heterocycles. The normalized spacial score (nSPS) is 12.0. The Morgan fingerprint density at radius 3 is 2.41 bits per heavy atom. The summed E-state index contributed by atoms with van der Waals surface area (Å²) in [4.78, 5) is 30.6. The van der Waals surface area contributed by atoms with Crippen LogP contribution >= 0.6 is 0 Å². The lowest BCUT2D eigenvalue weighted by Gasteiger charge is -2.15. The van der Waals surface area contributed by atoms with Gasteiger partial charge >= 0.3 is 0 Å². The van der Waals surface area contributed by atoms with Gasteiger partial charge in [0.15, 0.2) is 0 Å². The zero-order valence-corrected chi connectivity index (χ0v) is 12.7. The first kappa shape index (κ1) is 15.6. The van der Waals surface area contributed by atoms with Crippen LogP contribution in [-0.2, 0) is 0 Å². The number of carbonyl (C=O) groups is 2. The van der Waals surface area contributed by atoms with E-state index in [1.807, 2.05) is 31.5 Å². The summed E-state index contributed by atoms with van der Waals surface area (Å²) in [6.45, 7) is 6.25. The summed E-state index contributed by atoms with van der Waals surface area (Å²) in [5.74, 6) is -1.05. The van der Waals surface area contributed by atoms with E-state index in [0.717, 1.165) is 11.4 Å². The maximum Gasteiger partial charge on any atom is 0.271 e. The fourth-order valence-corrected chi connectivity index (χ4v) is 2.08. The second-order valence-electron chi connectivity index (χ2n) is 5.08. The summed E-state index contributed by atoms with van der Waals surface area (Å²) in [5, 5.41) is 7.14. The van der Waals surface area contributed by atoms with Crippen molar-refractivity contribution in [2.45, 2.75) is 26.8 Å². The molecule has 2 heterocycles. The molecule has 0 spiro atoms. The van der Waals surface area contributed by atoms with Gasteiger partial charge in [-0.3, -0.25) is 14.3 Å². The highest BCUT2D eigenvalue weighted by Gasteiger charge is 2.13. The van der Waals surface area contributed by atoms with Crippen LogP contribution in [0.5, 0.6) is 0 Å². The number of rotatable bonds is 5. The lowest BCUT2D eigenvalue weighted by molar-refractivity contribution is 0.0938. The van der Waals surface area contributed by atoms with Gasteiger partial charge in [-0.05, 0) is 26.8 Å². The van der Waals surface area contributed by atoms with Crippen LogP contribution in [0.1, 0.15) is 45.3 Å². The molecule has 2 aromatic rings. The Hall–Kier alpha value is -2.77. The minimum Gasteiger partial charge on any atom is -0.364 e. The van der Waals surface area contributed by atoms with Crippen molar-refractivity contribution in [1.82, 2.24) is 25.1 Å². The number of nitrogens with one attached hydrogen (secondary N) is 1. The average molecular weight is 302 g/mol. The van der Waals surface area contributed by atoms with E-state index in [2.05, 4.69) is 20.4 Å². The predicted molar refractivity (Wildman–Crippen MR) is 79.3 cm³/mol. The second kappa shape index (κ2) is 6.33. The maximum atomic E-state index is 12.0. The Kier molecular flexibility index (Phi) is 4.50. The van der Waals surface area contributed by atoms with E-state index < -0.39 is 5.91 Å². The summed E-state index contributed by atoms with van der Waals surface area (Å²) in [5.41, 5.74) is 7.18. The maximum absolute atomic E-state index is 12.0. The molecule has 0 saturated carbocycles. The van der Waals surface area contributed by atoms with Crippen molar-refractivity contribution in [3.63, 3.8) is 0 Å². The molecule has 2 amide bonds. The van der Waals surface area contributed by atoms with E-state index >= 15 is 0 Å². The van der Waals surface area contributed by atoms with Crippen molar-refractivity contribution in [2.24, 2.45) is 5.73 Å². The number of nitrogens with zero attached hydrogens (tertiary/aromatic N) is 4. The summed E-state index contributed by atoms with van der Waals surface area (Å²) >= 11 is 0. The van der Waals surface area contributed by atoms with E-state index in [0.29, 0.717) is 6.54 Å². The largest absolute Gasteiger partial charge is 0.364 e. The molecule has 0 radical (unpaired) electrons. The molecule has 0 bridgehead atoms. The molecule has 116 valence electrons. The molecule has 0 aliphatic heterocycles. The molecule has 8 nitrogen and oxygen atoms in total. The first-order valence-corrected chi connectivity index (χ1v) is 6.81. The van der Waals surface area contributed by atoms with E-state index in [1.54, 1.807) is 0 Å². The zero-order chi connectivity index (χ0) is 16.3. The molecule has 0 fully saturated rings. The monoisotopic (exact) mass is 302 g/mol. The van der Waals surface area contributed by atoms with Gasteiger partial charge < -0.3 is 11.1 Å². The van der Waals surface area contributed by atoms with Crippen LogP contribution in [0.15, 0.2) is 18.5 Å². The Morgan fingerprint density at radius 2 is 1.91 bits per heavy atom. The number of primary amides is 1. The number of hydrogen-bond donors (Lipinski definition) is 2. The highest BCUT2D eigenvalue weighted by Crippen LogP contribution is 2.09. The Labute approximate surface area is 127 Å². The smallest absolute Gasteiger partial charge is 0.271 e. The van der Waals surface area contributed by atoms with Gasteiger partial charge in [-0.1, -0.05) is 0 Å². The molecule has 0 aromatic carbocycles. The summed E-state index contributed by atoms with van der Waals surface area (Å²) in [6.07, 6.45) is 2.41. The highest BCUT2D eigenvalue weighted by molar-refractivity contribution is 5.93. The molecule has 1 unspecified atom stereocenters. The third-order valence-electron chi connectivity index (χ3n) is 3.16. The van der Waals surface area contributed by atoms with Gasteiger partial charge in [0.05, 0.1) is 24.1 Å². The van der Waals surface area contributed by atoms with Gasteiger partial charge in [-0.15, -0.1) is 0 Å². The molecule has 1 atom stereocenters. The van der Waals surface area contributed by atoms with Crippen LogP contribution in [0.4, 0.5) is 0 Å². The summed E-state index contributed by atoms with van der Waals surface area (Å²) in [6, 6.07) is 1.99. The van der Waals surface area contributed by atoms with Gasteiger partial charge in [0.1, 0.15) is 11.4 Å². The average Bonchev–Trinajstić information content (AvgIpc) is 2.83. The molecule has 3 N–H and O–H groups in total. The van der Waals surface area contributed by atoms with E-state index in [-0.39, 0.29) is 23.3 Å². The molecule has 22 heavy (non-hydrogen) atoms. The fourth-order valence-electron chi connectivity index (χ4n) is 2.08. The fraction of sp³-hybridized carbons (Fsp3) is 0.357. The molecule has 0 aliphatic carbocycles. The highest BCUT2D eigenvalue weighted by atomic mass is 16.2. The third kappa shape index (κ3) is 3.46. The Morgan fingerprint density at radius 1 is 1.27 bits per heavy atom. The quantitative estimate of drug-likeness (QED) is 0.828. The standard InChI is InChI=1S/C14H18N6O2/c1-8-4-9(2)20(19-8)10(3)5-18-14(22)12-7-16-11(6-17-12)13(15)21/h4,6-7,10H,5H2,1-3H3,(H2,15,21)(H,18,22). The van der Waals surface area contributed by atoms with Crippen molar-refractivity contribution in [2.75, 3.05) is 6.54 Å². The SMILES string of the molecule is Cc1cc(C)n(C(C)CNC(=O)c2cnc(C(N)=O)cn2)n1. The van der Waals surface area contributed by atoms with Crippen molar-refractivity contribution in [3.8, 4) is 0 Å². The molecule has 2 rings (SSSR count). The number of aromatic nitrogens is 4. The number of hydrogen-bond acceptors (Lipinski definition) is 5. The third-order valence-corrected chi connectivity index (χ3v) is 3.16. The summed E-state index contributed by atoms with van der Waals surface area (Å²) < 4.78 is 1.86. The minimum atomic E-state index is -0.683. The van der Waals surface area contributed by atoms with Gasteiger partial charge in [0.25, 0.3) is 11.8 Å². The molecular formula is C14H18N6O2. The number of amides is 2. The van der Waals surface area contributed by atoms with Crippen LogP contribution in [-0.4, -0.2) is 38.1 Å². The first-order valence-electron chi connectivity index (χ1n) is 6.81. The molecule has 0 aliphatic rings. The van der Waals surface area contributed by atoms with Crippen LogP contribution in [0.2, 0.25) is 0 Å². The summed E-state index contributed by atoms with van der Waals surface area (Å²) in [7, 11) is 0. The first-order chi connectivity index (χ1) is 10.4. The van der Waals surface area contributed by atoms with Crippen molar-refractivity contribution in [3.05, 3.63) is 41.2 Å². The number of nitrogens with two attached hydrogens (primary N) is 1. The predicted octanol–water partition coefficient (Wildman–Crippen LogP) is 0.380. The Balaban J connectivity index is 1.97. The molecular weight excluding hydrogens is 284 g/mol. The topological polar surface area (TPSA) is 116 Å². The van der Waals surface area contributed by atoms with Crippen LogP contribution in [0.25, 0.3) is 0 Å². The molecule has 8 heteroatoms. The van der Waals surface area contributed by atoms with Crippen LogP contribution in [0, 0.1) is 13.8 Å². The van der Waals surface area contributed by atoms with Gasteiger partial charge in [0.2, 0.25) is 0 Å².